The van der Waals surface area contributed by atoms with Gasteiger partial charge in [-0.25, -0.2) is 8.42 Å². The van der Waals surface area contributed by atoms with E-state index in [-0.39, 0.29) is 21.4 Å². The standard InChI is InChI=1S/C25H22N2O6S/c1-3-15-4-7-17(8-5-15)26-24(29)16-6-13-20-21(14-16)27-25(30)23(22(20)28)34(31,32)19-11-9-18(33-2)10-12-19/h4-14H,3H2,1-2H3,(H,26,29)(H2,27,28,30). The summed E-state index contributed by atoms with van der Waals surface area (Å²) in [7, 11) is -2.87. The number of aromatic amines is 1. The molecular formula is C25H22N2O6S. The molecule has 3 N–H and O–H groups in total. The maximum Gasteiger partial charge on any atom is 0.271 e. The highest BCUT2D eigenvalue weighted by atomic mass is 32.2. The van der Waals surface area contributed by atoms with Gasteiger partial charge in [0.2, 0.25) is 9.84 Å². The number of amides is 1. The zero-order valence-corrected chi connectivity index (χ0v) is 19.3. The normalized spacial score (nSPS) is 11.4. The fraction of sp³-hybridized carbons (Fsp3) is 0.120. The maximum atomic E-state index is 13.1. The van der Waals surface area contributed by atoms with Crippen LogP contribution >= 0.6 is 0 Å². The van der Waals surface area contributed by atoms with E-state index in [9.17, 15) is 23.1 Å². The average molecular weight is 479 g/mol. The van der Waals surface area contributed by atoms with Crippen LogP contribution in [0, 0.1) is 0 Å². The Balaban J connectivity index is 1.70. The second-order valence-corrected chi connectivity index (χ2v) is 9.46. The second-order valence-electron chi connectivity index (χ2n) is 7.58. The van der Waals surface area contributed by atoms with Crippen molar-refractivity contribution in [3.05, 3.63) is 88.2 Å². The van der Waals surface area contributed by atoms with Crippen molar-refractivity contribution in [3.63, 3.8) is 0 Å². The minimum atomic E-state index is -4.32. The number of hydrogen-bond donors (Lipinski definition) is 3. The molecule has 8 nitrogen and oxygen atoms in total. The van der Waals surface area contributed by atoms with Crippen molar-refractivity contribution in [3.8, 4) is 11.5 Å². The summed E-state index contributed by atoms with van der Waals surface area (Å²) in [4.78, 5) is 26.9. The minimum absolute atomic E-state index is 0.0931. The first-order chi connectivity index (χ1) is 16.2. The summed E-state index contributed by atoms with van der Waals surface area (Å²) in [6, 6.07) is 17.1. The number of methoxy groups -OCH3 is 1. The number of fused-ring (bicyclic) bond motifs is 1. The molecule has 0 saturated carbocycles. The van der Waals surface area contributed by atoms with Crippen LogP contribution in [0.5, 0.6) is 11.5 Å². The number of hydrogen-bond acceptors (Lipinski definition) is 6. The summed E-state index contributed by atoms with van der Waals surface area (Å²) in [5, 5.41) is 13.6. The summed E-state index contributed by atoms with van der Waals surface area (Å²) in [5.74, 6) is -0.652. The number of aromatic hydroxyl groups is 1. The number of aryl methyl sites for hydroxylation is 1. The molecule has 34 heavy (non-hydrogen) atoms. The summed E-state index contributed by atoms with van der Waals surface area (Å²) in [5.41, 5.74) is 1.11. The van der Waals surface area contributed by atoms with Crippen LogP contribution in [0.3, 0.4) is 0 Å². The van der Waals surface area contributed by atoms with E-state index < -0.39 is 31.9 Å². The number of benzene rings is 3. The van der Waals surface area contributed by atoms with Gasteiger partial charge in [-0.15, -0.1) is 0 Å². The van der Waals surface area contributed by atoms with Crippen LogP contribution in [0.4, 0.5) is 5.69 Å². The van der Waals surface area contributed by atoms with Gasteiger partial charge in [-0.1, -0.05) is 19.1 Å². The van der Waals surface area contributed by atoms with Crippen LogP contribution < -0.4 is 15.6 Å². The number of rotatable bonds is 6. The molecule has 4 aromatic rings. The Morgan fingerprint density at radius 2 is 1.71 bits per heavy atom. The van der Waals surface area contributed by atoms with Crippen LogP contribution in [-0.4, -0.2) is 31.5 Å². The van der Waals surface area contributed by atoms with Crippen molar-refractivity contribution < 1.29 is 23.1 Å². The van der Waals surface area contributed by atoms with Crippen LogP contribution in [0.2, 0.25) is 0 Å². The highest BCUT2D eigenvalue weighted by Gasteiger charge is 2.27. The topological polar surface area (TPSA) is 126 Å². The van der Waals surface area contributed by atoms with Gasteiger partial charge in [0.1, 0.15) is 11.5 Å². The van der Waals surface area contributed by atoms with E-state index in [4.69, 9.17) is 4.74 Å². The average Bonchev–Trinajstić information content (AvgIpc) is 2.84. The zero-order chi connectivity index (χ0) is 24.5. The van der Waals surface area contributed by atoms with Crippen LogP contribution in [-0.2, 0) is 16.3 Å². The molecule has 0 unspecified atom stereocenters. The van der Waals surface area contributed by atoms with Gasteiger partial charge < -0.3 is 20.1 Å². The number of aromatic nitrogens is 1. The molecule has 4 rings (SSSR count). The van der Waals surface area contributed by atoms with Crippen molar-refractivity contribution in [1.29, 1.82) is 0 Å². The molecule has 1 aromatic heterocycles. The molecular weight excluding hydrogens is 456 g/mol. The zero-order valence-electron chi connectivity index (χ0n) is 18.5. The minimum Gasteiger partial charge on any atom is -0.506 e. The first-order valence-electron chi connectivity index (χ1n) is 10.4. The highest BCUT2D eigenvalue weighted by molar-refractivity contribution is 7.91. The first-order valence-corrected chi connectivity index (χ1v) is 11.9. The number of H-pyrrole nitrogens is 1. The molecule has 0 bridgehead atoms. The van der Waals surface area contributed by atoms with Gasteiger partial charge in [0.25, 0.3) is 11.5 Å². The molecule has 1 heterocycles. The van der Waals surface area contributed by atoms with Gasteiger partial charge in [-0.05, 0) is 66.6 Å². The summed E-state index contributed by atoms with van der Waals surface area (Å²) in [6.07, 6.45) is 0.881. The van der Waals surface area contributed by atoms with Gasteiger partial charge in [0.05, 0.1) is 17.5 Å². The first kappa shape index (κ1) is 23.1. The molecule has 0 saturated heterocycles. The van der Waals surface area contributed by atoms with Crippen LogP contribution in [0.15, 0.2) is 81.3 Å². The predicted molar refractivity (Wildman–Crippen MR) is 128 cm³/mol. The van der Waals surface area contributed by atoms with Gasteiger partial charge in [0, 0.05) is 16.6 Å². The van der Waals surface area contributed by atoms with E-state index in [1.165, 1.54) is 49.6 Å². The Morgan fingerprint density at radius 1 is 1.03 bits per heavy atom. The van der Waals surface area contributed by atoms with Crippen molar-refractivity contribution in [2.45, 2.75) is 23.1 Å². The fourth-order valence-electron chi connectivity index (χ4n) is 3.55. The Morgan fingerprint density at radius 3 is 2.32 bits per heavy atom. The Bertz CT molecular complexity index is 1540. The third-order valence-electron chi connectivity index (χ3n) is 5.46. The van der Waals surface area contributed by atoms with Crippen molar-refractivity contribution >= 4 is 32.3 Å². The van der Waals surface area contributed by atoms with Gasteiger partial charge in [-0.3, -0.25) is 9.59 Å². The lowest BCUT2D eigenvalue weighted by molar-refractivity contribution is 0.102. The smallest absolute Gasteiger partial charge is 0.271 e. The predicted octanol–water partition coefficient (Wildman–Crippen LogP) is 3.89. The van der Waals surface area contributed by atoms with Crippen molar-refractivity contribution in [2.75, 3.05) is 12.4 Å². The molecule has 0 radical (unpaired) electrons. The van der Waals surface area contributed by atoms with E-state index in [1.807, 2.05) is 19.1 Å². The molecule has 0 aliphatic rings. The largest absolute Gasteiger partial charge is 0.506 e. The summed E-state index contributed by atoms with van der Waals surface area (Å²) in [6.45, 7) is 2.03. The molecule has 174 valence electrons. The number of carbonyl (C=O) groups is 1. The van der Waals surface area contributed by atoms with Crippen molar-refractivity contribution in [2.24, 2.45) is 0 Å². The third kappa shape index (κ3) is 4.25. The van der Waals surface area contributed by atoms with E-state index in [0.29, 0.717) is 11.4 Å². The van der Waals surface area contributed by atoms with Crippen molar-refractivity contribution in [1.82, 2.24) is 4.98 Å². The maximum absolute atomic E-state index is 13.1. The van der Waals surface area contributed by atoms with E-state index in [2.05, 4.69) is 10.3 Å². The SMILES string of the molecule is CCc1ccc(NC(=O)c2ccc3c(O)c(S(=O)(=O)c4ccc(OC)cc4)c(=O)[nH]c3c2)cc1. The summed E-state index contributed by atoms with van der Waals surface area (Å²) < 4.78 is 31.1. The molecule has 0 atom stereocenters. The third-order valence-corrected chi connectivity index (χ3v) is 7.27. The molecule has 9 heteroatoms. The van der Waals surface area contributed by atoms with Gasteiger partial charge >= 0.3 is 0 Å². The van der Waals surface area contributed by atoms with E-state index >= 15 is 0 Å². The van der Waals surface area contributed by atoms with Gasteiger partial charge in [0.15, 0.2) is 4.90 Å². The van der Waals surface area contributed by atoms with Crippen LogP contribution in [0.1, 0.15) is 22.8 Å². The molecule has 0 aliphatic heterocycles. The molecule has 0 spiro atoms. The number of anilines is 1. The second kappa shape index (κ2) is 9.03. The number of nitrogens with one attached hydrogen (secondary N) is 2. The highest BCUT2D eigenvalue weighted by Crippen LogP contribution is 2.32. The van der Waals surface area contributed by atoms with Gasteiger partial charge in [-0.2, -0.15) is 0 Å². The summed E-state index contributed by atoms with van der Waals surface area (Å²) >= 11 is 0. The molecule has 0 aliphatic carbocycles. The quantitative estimate of drug-likeness (QED) is 0.386. The number of sulfone groups is 1. The number of ether oxygens (including phenoxy) is 1. The monoisotopic (exact) mass is 478 g/mol. The lowest BCUT2D eigenvalue weighted by atomic mass is 10.1. The lowest BCUT2D eigenvalue weighted by Gasteiger charge is -2.11. The fourth-order valence-corrected chi connectivity index (χ4v) is 4.94. The lowest BCUT2D eigenvalue weighted by Crippen LogP contribution is -2.19. The number of carbonyl (C=O) groups excluding carboxylic acids is 1. The van der Waals surface area contributed by atoms with E-state index in [1.54, 1.807) is 12.1 Å². The Labute approximate surface area is 195 Å². The Kier molecular flexibility index (Phi) is 6.12. The molecule has 0 fully saturated rings. The van der Waals surface area contributed by atoms with Crippen LogP contribution in [0.25, 0.3) is 10.9 Å². The Hall–Kier alpha value is -4.11. The molecule has 3 aromatic carbocycles. The molecule has 1 amide bonds. The number of pyridine rings is 1. The van der Waals surface area contributed by atoms with E-state index in [0.717, 1.165) is 12.0 Å².